The Hall–Kier alpha value is -0.900. The van der Waals surface area contributed by atoms with Crippen molar-refractivity contribution in [3.63, 3.8) is 0 Å². The van der Waals surface area contributed by atoms with Crippen molar-refractivity contribution in [3.8, 4) is 0 Å². The second-order valence-electron chi connectivity index (χ2n) is 6.03. The minimum atomic E-state index is 0.0334. The first-order chi connectivity index (χ1) is 8.01. The number of nitrogens with one attached hydrogen (secondary N) is 1. The van der Waals surface area contributed by atoms with Gasteiger partial charge in [0.05, 0.1) is 17.4 Å². The summed E-state index contributed by atoms with van der Waals surface area (Å²) >= 11 is 0. The lowest BCUT2D eigenvalue weighted by atomic mass is 9.70. The summed E-state index contributed by atoms with van der Waals surface area (Å²) in [6.07, 6.45) is 5.44. The Kier molecular flexibility index (Phi) is 3.25. The van der Waals surface area contributed by atoms with E-state index in [4.69, 9.17) is 0 Å². The lowest BCUT2D eigenvalue weighted by molar-refractivity contribution is 0.148. The number of nitrogens with zero attached hydrogens (tertiary/aromatic N) is 3. The predicted octanol–water partition coefficient (Wildman–Crippen LogP) is 2.31. The number of rotatable bonds is 3. The van der Waals surface area contributed by atoms with Gasteiger partial charge in [-0.15, -0.1) is 5.10 Å². The molecule has 4 nitrogen and oxygen atoms in total. The molecule has 1 aliphatic heterocycles. The molecule has 1 aromatic heterocycles. The molecule has 0 bridgehead atoms. The maximum atomic E-state index is 4.24. The summed E-state index contributed by atoms with van der Waals surface area (Å²) in [5.41, 5.74) is 1.46. The number of hydrogen-bond donors (Lipinski definition) is 1. The molecule has 0 aromatic carbocycles. The van der Waals surface area contributed by atoms with Crippen LogP contribution >= 0.6 is 0 Å². The largest absolute Gasteiger partial charge is 0.306 e. The van der Waals surface area contributed by atoms with Gasteiger partial charge < -0.3 is 5.32 Å². The van der Waals surface area contributed by atoms with E-state index in [2.05, 4.69) is 48.0 Å². The highest BCUT2D eigenvalue weighted by atomic mass is 15.4. The molecular weight excluding hydrogens is 212 g/mol. The summed E-state index contributed by atoms with van der Waals surface area (Å²) in [5, 5.41) is 12.1. The molecule has 1 aromatic rings. The highest BCUT2D eigenvalue weighted by Gasteiger charge is 2.47. The molecule has 0 spiro atoms. The first-order valence-electron chi connectivity index (χ1n) is 6.65. The lowest BCUT2D eigenvalue weighted by Crippen LogP contribution is -2.49. The molecule has 1 aliphatic rings. The summed E-state index contributed by atoms with van der Waals surface area (Å²) in [7, 11) is 0. The van der Waals surface area contributed by atoms with Crippen LogP contribution in [0.1, 0.15) is 52.7 Å². The van der Waals surface area contributed by atoms with Crippen molar-refractivity contribution in [2.75, 3.05) is 6.54 Å². The van der Waals surface area contributed by atoms with E-state index in [0.717, 1.165) is 19.5 Å². The molecule has 96 valence electrons. The SMILES string of the molecule is CCCn1nncc1C1(C(C)(C)C)CCCN1. The second-order valence-corrected chi connectivity index (χ2v) is 6.03. The molecule has 17 heavy (non-hydrogen) atoms. The zero-order valence-corrected chi connectivity index (χ0v) is 11.5. The van der Waals surface area contributed by atoms with Gasteiger partial charge in [-0.05, 0) is 31.2 Å². The first kappa shape index (κ1) is 12.6. The van der Waals surface area contributed by atoms with Crippen molar-refractivity contribution < 1.29 is 0 Å². The fourth-order valence-electron chi connectivity index (χ4n) is 2.95. The Morgan fingerprint density at radius 1 is 1.47 bits per heavy atom. The minimum Gasteiger partial charge on any atom is -0.306 e. The molecule has 4 heteroatoms. The normalized spacial score (nSPS) is 25.4. The fraction of sp³-hybridized carbons (Fsp3) is 0.846. The molecule has 0 saturated carbocycles. The predicted molar refractivity (Wildman–Crippen MR) is 68.7 cm³/mol. The third-order valence-corrected chi connectivity index (χ3v) is 3.93. The summed E-state index contributed by atoms with van der Waals surface area (Å²) in [5.74, 6) is 0. The Labute approximate surface area is 104 Å². The van der Waals surface area contributed by atoms with Crippen LogP contribution in [0.15, 0.2) is 6.20 Å². The van der Waals surface area contributed by atoms with E-state index in [1.165, 1.54) is 18.5 Å². The van der Waals surface area contributed by atoms with Crippen LogP contribution in [0.2, 0.25) is 0 Å². The van der Waals surface area contributed by atoms with Gasteiger partial charge in [0, 0.05) is 6.54 Å². The number of aryl methyl sites for hydroxylation is 1. The van der Waals surface area contributed by atoms with Crippen LogP contribution in [0.3, 0.4) is 0 Å². The maximum Gasteiger partial charge on any atom is 0.0793 e. The molecule has 1 unspecified atom stereocenters. The van der Waals surface area contributed by atoms with Crippen molar-refractivity contribution in [3.05, 3.63) is 11.9 Å². The van der Waals surface area contributed by atoms with Gasteiger partial charge in [0.2, 0.25) is 0 Å². The van der Waals surface area contributed by atoms with Gasteiger partial charge in [-0.1, -0.05) is 32.9 Å². The third-order valence-electron chi connectivity index (χ3n) is 3.93. The van der Waals surface area contributed by atoms with E-state index >= 15 is 0 Å². The monoisotopic (exact) mass is 236 g/mol. The molecule has 0 aliphatic carbocycles. The molecule has 1 N–H and O–H groups in total. The highest BCUT2D eigenvalue weighted by Crippen LogP contribution is 2.45. The van der Waals surface area contributed by atoms with Crippen molar-refractivity contribution in [2.45, 2.75) is 59.0 Å². The standard InChI is InChI=1S/C13H24N4/c1-5-9-17-11(10-15-16-17)13(12(2,3)4)7-6-8-14-13/h10,14H,5-9H2,1-4H3. The first-order valence-corrected chi connectivity index (χ1v) is 6.65. The number of aromatic nitrogens is 3. The van der Waals surface area contributed by atoms with E-state index in [1.54, 1.807) is 0 Å². The smallest absolute Gasteiger partial charge is 0.0793 e. The van der Waals surface area contributed by atoms with E-state index in [-0.39, 0.29) is 11.0 Å². The topological polar surface area (TPSA) is 42.7 Å². The molecule has 0 radical (unpaired) electrons. The molecule has 0 amide bonds. The van der Waals surface area contributed by atoms with Crippen LogP contribution in [0.4, 0.5) is 0 Å². The van der Waals surface area contributed by atoms with Gasteiger partial charge in [-0.25, -0.2) is 4.68 Å². The molecular formula is C13H24N4. The van der Waals surface area contributed by atoms with Crippen molar-refractivity contribution in [1.82, 2.24) is 20.3 Å². The maximum absolute atomic E-state index is 4.24. The van der Waals surface area contributed by atoms with Gasteiger partial charge in [0.15, 0.2) is 0 Å². The molecule has 2 heterocycles. The lowest BCUT2D eigenvalue weighted by Gasteiger charge is -2.42. The van der Waals surface area contributed by atoms with E-state index in [0.29, 0.717) is 0 Å². The zero-order valence-electron chi connectivity index (χ0n) is 11.5. The quantitative estimate of drug-likeness (QED) is 0.875. The third kappa shape index (κ3) is 1.99. The van der Waals surface area contributed by atoms with Crippen LogP contribution in [0.25, 0.3) is 0 Å². The Balaban J connectivity index is 2.43. The minimum absolute atomic E-state index is 0.0334. The molecule has 1 fully saturated rings. The van der Waals surface area contributed by atoms with Crippen molar-refractivity contribution >= 4 is 0 Å². The van der Waals surface area contributed by atoms with Gasteiger partial charge >= 0.3 is 0 Å². The van der Waals surface area contributed by atoms with E-state index in [9.17, 15) is 0 Å². The summed E-state index contributed by atoms with van der Waals surface area (Å²) in [4.78, 5) is 0. The van der Waals surface area contributed by atoms with Crippen LogP contribution < -0.4 is 5.32 Å². The van der Waals surface area contributed by atoms with Crippen LogP contribution in [-0.2, 0) is 12.1 Å². The fourth-order valence-corrected chi connectivity index (χ4v) is 2.95. The van der Waals surface area contributed by atoms with Gasteiger partial charge in [0.25, 0.3) is 0 Å². The summed E-state index contributed by atoms with van der Waals surface area (Å²) in [6.45, 7) is 11.1. The highest BCUT2D eigenvalue weighted by molar-refractivity contribution is 5.19. The van der Waals surface area contributed by atoms with E-state index in [1.807, 2.05) is 6.20 Å². The summed E-state index contributed by atoms with van der Waals surface area (Å²) < 4.78 is 2.07. The molecule has 2 rings (SSSR count). The van der Waals surface area contributed by atoms with Gasteiger partial charge in [-0.3, -0.25) is 0 Å². The zero-order chi connectivity index (χ0) is 12.5. The van der Waals surface area contributed by atoms with Gasteiger partial charge in [-0.2, -0.15) is 0 Å². The average molecular weight is 236 g/mol. The second kappa shape index (κ2) is 4.41. The van der Waals surface area contributed by atoms with Crippen molar-refractivity contribution in [2.24, 2.45) is 5.41 Å². The Morgan fingerprint density at radius 2 is 2.24 bits per heavy atom. The summed E-state index contributed by atoms with van der Waals surface area (Å²) in [6, 6.07) is 0. The van der Waals surface area contributed by atoms with Gasteiger partial charge in [0.1, 0.15) is 0 Å². The Morgan fingerprint density at radius 3 is 2.76 bits per heavy atom. The van der Waals surface area contributed by atoms with Crippen molar-refractivity contribution in [1.29, 1.82) is 0 Å². The Bertz CT molecular complexity index is 369. The molecule has 1 saturated heterocycles. The molecule has 1 atom stereocenters. The average Bonchev–Trinajstić information content (AvgIpc) is 2.83. The van der Waals surface area contributed by atoms with Crippen LogP contribution in [-0.4, -0.2) is 21.5 Å². The van der Waals surface area contributed by atoms with Crippen LogP contribution in [0.5, 0.6) is 0 Å². The van der Waals surface area contributed by atoms with Crippen LogP contribution in [0, 0.1) is 5.41 Å². The number of hydrogen-bond acceptors (Lipinski definition) is 3. The van der Waals surface area contributed by atoms with E-state index < -0.39 is 0 Å².